The highest BCUT2D eigenvalue weighted by Crippen LogP contribution is 2.21. The van der Waals surface area contributed by atoms with E-state index < -0.39 is 0 Å². The quantitative estimate of drug-likeness (QED) is 0.590. The number of hydrogen-bond donors (Lipinski definition) is 1. The molecule has 5 nitrogen and oxygen atoms in total. The van der Waals surface area contributed by atoms with Crippen molar-refractivity contribution in [1.29, 1.82) is 0 Å². The van der Waals surface area contributed by atoms with Crippen LogP contribution >= 0.6 is 0 Å². The third-order valence-corrected chi connectivity index (χ3v) is 5.85. The molecule has 0 spiro atoms. The Bertz CT molecular complexity index is 612. The maximum Gasteiger partial charge on any atom is 0.193 e. The number of hydrogen-bond acceptors (Lipinski definition) is 3. The zero-order valence-corrected chi connectivity index (χ0v) is 17.3. The summed E-state index contributed by atoms with van der Waals surface area (Å²) in [4.78, 5) is 9.90. The van der Waals surface area contributed by atoms with E-state index in [9.17, 15) is 0 Å². The van der Waals surface area contributed by atoms with Crippen molar-refractivity contribution < 1.29 is 4.74 Å². The molecule has 3 rings (SSSR count). The zero-order valence-electron chi connectivity index (χ0n) is 17.3. The van der Waals surface area contributed by atoms with Crippen molar-refractivity contribution in [2.24, 2.45) is 10.9 Å². The van der Waals surface area contributed by atoms with Crippen LogP contribution in [-0.2, 0) is 17.7 Å². The molecule has 0 saturated carbocycles. The van der Waals surface area contributed by atoms with E-state index >= 15 is 0 Å². The molecule has 1 saturated heterocycles. The Kier molecular flexibility index (Phi) is 7.53. The normalized spacial score (nSPS) is 21.7. The van der Waals surface area contributed by atoms with Crippen LogP contribution in [0.15, 0.2) is 29.3 Å². The highest BCUT2D eigenvalue weighted by Gasteiger charge is 2.23. The molecule has 2 atom stereocenters. The number of ether oxygens (including phenoxy) is 1. The minimum Gasteiger partial charge on any atom is -0.381 e. The summed E-state index contributed by atoms with van der Waals surface area (Å²) in [6.45, 7) is 11.2. The molecule has 2 aliphatic rings. The van der Waals surface area contributed by atoms with Crippen molar-refractivity contribution in [3.05, 3.63) is 35.4 Å². The van der Waals surface area contributed by atoms with Crippen LogP contribution in [0.5, 0.6) is 0 Å². The second kappa shape index (κ2) is 10.1. The number of benzene rings is 1. The van der Waals surface area contributed by atoms with E-state index in [0.29, 0.717) is 12.0 Å². The summed E-state index contributed by atoms with van der Waals surface area (Å²) in [6, 6.07) is 9.36. The summed E-state index contributed by atoms with van der Waals surface area (Å²) in [5.74, 6) is 1.65. The minimum atomic E-state index is 0.496. The topological polar surface area (TPSA) is 40.1 Å². The maximum absolute atomic E-state index is 5.53. The Morgan fingerprint density at radius 2 is 2.15 bits per heavy atom. The average Bonchev–Trinajstić information content (AvgIpc) is 3.20. The second-order valence-electron chi connectivity index (χ2n) is 7.86. The summed E-state index contributed by atoms with van der Waals surface area (Å²) in [6.07, 6.45) is 3.44. The van der Waals surface area contributed by atoms with Crippen LogP contribution in [0.2, 0.25) is 0 Å². The highest BCUT2D eigenvalue weighted by molar-refractivity contribution is 5.79. The average molecular weight is 373 g/mol. The monoisotopic (exact) mass is 372 g/mol. The lowest BCUT2D eigenvalue weighted by atomic mass is 9.98. The third kappa shape index (κ3) is 5.45. The van der Waals surface area contributed by atoms with Gasteiger partial charge in [-0.25, -0.2) is 0 Å². The molecule has 0 aliphatic carbocycles. The van der Waals surface area contributed by atoms with Crippen LogP contribution in [0.25, 0.3) is 0 Å². The molecule has 1 fully saturated rings. The van der Waals surface area contributed by atoms with Crippen molar-refractivity contribution in [1.82, 2.24) is 15.1 Å². The lowest BCUT2D eigenvalue weighted by molar-refractivity contribution is 0.177. The smallest absolute Gasteiger partial charge is 0.193 e. The van der Waals surface area contributed by atoms with Gasteiger partial charge < -0.3 is 15.0 Å². The lowest BCUT2D eigenvalue weighted by Crippen LogP contribution is -2.44. The van der Waals surface area contributed by atoms with Gasteiger partial charge in [0.05, 0.1) is 13.2 Å². The van der Waals surface area contributed by atoms with Crippen molar-refractivity contribution in [3.63, 3.8) is 0 Å². The molecule has 5 heteroatoms. The van der Waals surface area contributed by atoms with Crippen molar-refractivity contribution >= 4 is 5.96 Å². The van der Waals surface area contributed by atoms with Crippen LogP contribution < -0.4 is 5.32 Å². The standard InChI is InChI=1S/C22H36N4O/c1-4-21(26-12-10-19-8-6-7-9-20(19)16-26)14-24-22(23-5-2)25(3)15-18-11-13-27-17-18/h6-9,18,21H,4-5,10-17H2,1-3H3,(H,23,24). The van der Waals surface area contributed by atoms with Gasteiger partial charge in [0.2, 0.25) is 0 Å². The summed E-state index contributed by atoms with van der Waals surface area (Å²) >= 11 is 0. The molecule has 1 N–H and O–H groups in total. The van der Waals surface area contributed by atoms with E-state index in [-0.39, 0.29) is 0 Å². The van der Waals surface area contributed by atoms with Gasteiger partial charge in [-0.05, 0) is 37.3 Å². The molecular formula is C22H36N4O. The predicted octanol–water partition coefficient (Wildman–Crippen LogP) is 2.76. The highest BCUT2D eigenvalue weighted by atomic mass is 16.5. The summed E-state index contributed by atoms with van der Waals surface area (Å²) in [5.41, 5.74) is 3.00. The summed E-state index contributed by atoms with van der Waals surface area (Å²) < 4.78 is 5.53. The molecule has 0 radical (unpaired) electrons. The third-order valence-electron chi connectivity index (χ3n) is 5.85. The van der Waals surface area contributed by atoms with Gasteiger partial charge in [-0.3, -0.25) is 9.89 Å². The van der Waals surface area contributed by atoms with Gasteiger partial charge in [0.25, 0.3) is 0 Å². The van der Waals surface area contributed by atoms with E-state index in [0.717, 1.165) is 71.2 Å². The SMILES string of the molecule is CCNC(=NCC(CC)N1CCc2ccccc2C1)N(C)CC1CCOC1. The number of rotatable bonds is 7. The molecule has 0 amide bonds. The fourth-order valence-electron chi connectivity index (χ4n) is 4.19. The van der Waals surface area contributed by atoms with Crippen LogP contribution in [-0.4, -0.2) is 68.2 Å². The van der Waals surface area contributed by atoms with E-state index in [1.807, 2.05) is 0 Å². The molecule has 2 heterocycles. The largest absolute Gasteiger partial charge is 0.381 e. The van der Waals surface area contributed by atoms with Gasteiger partial charge >= 0.3 is 0 Å². The Balaban J connectivity index is 1.61. The van der Waals surface area contributed by atoms with Gasteiger partial charge in [0.1, 0.15) is 0 Å². The van der Waals surface area contributed by atoms with Crippen LogP contribution in [0.4, 0.5) is 0 Å². The molecule has 1 aromatic rings. The van der Waals surface area contributed by atoms with Gasteiger partial charge in [-0.15, -0.1) is 0 Å². The molecule has 2 aliphatic heterocycles. The van der Waals surface area contributed by atoms with Crippen molar-refractivity contribution in [3.8, 4) is 0 Å². The second-order valence-corrected chi connectivity index (χ2v) is 7.86. The Hall–Kier alpha value is -1.59. The number of guanidine groups is 1. The molecule has 1 aromatic carbocycles. The van der Waals surface area contributed by atoms with Crippen molar-refractivity contribution in [2.75, 3.05) is 46.4 Å². The number of fused-ring (bicyclic) bond motifs is 1. The summed E-state index contributed by atoms with van der Waals surface area (Å²) in [5, 5.41) is 3.47. The maximum atomic E-state index is 5.53. The Labute approximate surface area is 164 Å². The van der Waals surface area contributed by atoms with Crippen molar-refractivity contribution in [2.45, 2.75) is 45.7 Å². The Morgan fingerprint density at radius 1 is 1.33 bits per heavy atom. The first-order chi connectivity index (χ1) is 13.2. The van der Waals surface area contributed by atoms with Crippen LogP contribution in [0, 0.1) is 5.92 Å². The number of nitrogens with one attached hydrogen (secondary N) is 1. The molecule has 27 heavy (non-hydrogen) atoms. The first kappa shape index (κ1) is 20.2. The van der Waals surface area contributed by atoms with Crippen LogP contribution in [0.3, 0.4) is 0 Å². The molecule has 150 valence electrons. The number of aliphatic imine (C=N–C) groups is 1. The van der Waals surface area contributed by atoms with E-state index in [1.54, 1.807) is 0 Å². The van der Waals surface area contributed by atoms with Gasteiger partial charge in [0, 0.05) is 51.8 Å². The molecule has 0 bridgehead atoms. The minimum absolute atomic E-state index is 0.496. The van der Waals surface area contributed by atoms with Gasteiger partial charge in [-0.2, -0.15) is 0 Å². The fraction of sp³-hybridized carbons (Fsp3) is 0.682. The first-order valence-electron chi connectivity index (χ1n) is 10.6. The molecular weight excluding hydrogens is 336 g/mol. The van der Waals surface area contributed by atoms with E-state index in [4.69, 9.17) is 9.73 Å². The van der Waals surface area contributed by atoms with Gasteiger partial charge in [-0.1, -0.05) is 31.2 Å². The lowest BCUT2D eigenvalue weighted by Gasteiger charge is -2.35. The fourth-order valence-corrected chi connectivity index (χ4v) is 4.19. The van der Waals surface area contributed by atoms with Gasteiger partial charge in [0.15, 0.2) is 5.96 Å². The van der Waals surface area contributed by atoms with E-state index in [1.165, 1.54) is 11.1 Å². The summed E-state index contributed by atoms with van der Waals surface area (Å²) in [7, 11) is 2.15. The van der Waals surface area contributed by atoms with Crippen LogP contribution in [0.1, 0.15) is 37.8 Å². The predicted molar refractivity (Wildman–Crippen MR) is 112 cm³/mol. The Morgan fingerprint density at radius 3 is 2.85 bits per heavy atom. The molecule has 2 unspecified atom stereocenters. The zero-order chi connectivity index (χ0) is 19.1. The van der Waals surface area contributed by atoms with E-state index in [2.05, 4.69) is 60.3 Å². The first-order valence-corrected chi connectivity index (χ1v) is 10.6. The number of nitrogens with zero attached hydrogens (tertiary/aromatic N) is 3. The molecule has 0 aromatic heterocycles.